The highest BCUT2D eigenvalue weighted by Gasteiger charge is 2.21. The molecule has 7 nitrogen and oxygen atoms in total. The average Bonchev–Trinajstić information content (AvgIpc) is 2.83. The van der Waals surface area contributed by atoms with Gasteiger partial charge in [0.25, 0.3) is 0 Å². The molecule has 2 aromatic carbocycles. The van der Waals surface area contributed by atoms with E-state index in [1.54, 1.807) is 26.1 Å². The van der Waals surface area contributed by atoms with Gasteiger partial charge in [-0.3, -0.25) is 4.79 Å². The number of rotatable bonds is 8. The Balaban J connectivity index is 0.00000385. The highest BCUT2D eigenvalue weighted by Crippen LogP contribution is 2.24. The maximum atomic E-state index is 12.1. The Hall–Kier alpha value is -2.49. The first-order valence-electron chi connectivity index (χ1n) is 11.2. The molecule has 1 unspecified atom stereocenters. The minimum atomic E-state index is -0.0178. The normalized spacial score (nSPS) is 15.9. The number of guanidine groups is 1. The Morgan fingerprint density at radius 3 is 2.70 bits per heavy atom. The van der Waals surface area contributed by atoms with Gasteiger partial charge in [0.05, 0.1) is 7.11 Å². The number of aliphatic imine (C=N–C) groups is 1. The van der Waals surface area contributed by atoms with Gasteiger partial charge in [0.2, 0.25) is 5.91 Å². The average molecular weight is 566 g/mol. The van der Waals surface area contributed by atoms with Gasteiger partial charge in [-0.1, -0.05) is 36.4 Å². The van der Waals surface area contributed by atoms with Gasteiger partial charge in [0, 0.05) is 51.5 Å². The third kappa shape index (κ3) is 8.75. The summed E-state index contributed by atoms with van der Waals surface area (Å²) in [5, 5.41) is 6.97. The van der Waals surface area contributed by atoms with Gasteiger partial charge >= 0.3 is 0 Å². The number of benzene rings is 2. The van der Waals surface area contributed by atoms with Crippen molar-refractivity contribution >= 4 is 41.5 Å². The van der Waals surface area contributed by atoms with Gasteiger partial charge < -0.3 is 25.2 Å². The first-order chi connectivity index (χ1) is 15.5. The molecule has 8 heteroatoms. The van der Waals surface area contributed by atoms with E-state index < -0.39 is 0 Å². The fourth-order valence-electron chi connectivity index (χ4n) is 3.74. The van der Waals surface area contributed by atoms with Crippen LogP contribution in [0.1, 0.15) is 18.4 Å². The molecule has 1 amide bonds. The van der Waals surface area contributed by atoms with Gasteiger partial charge in [-0.2, -0.15) is 0 Å². The van der Waals surface area contributed by atoms with Crippen molar-refractivity contribution in [2.75, 3.05) is 52.3 Å². The van der Waals surface area contributed by atoms with E-state index in [0.29, 0.717) is 5.96 Å². The van der Waals surface area contributed by atoms with E-state index in [4.69, 9.17) is 4.74 Å². The summed E-state index contributed by atoms with van der Waals surface area (Å²) in [6.07, 6.45) is 3.04. The Morgan fingerprint density at radius 1 is 1.18 bits per heavy atom. The topological polar surface area (TPSA) is 69.2 Å². The number of halogens is 1. The molecule has 1 fully saturated rings. The van der Waals surface area contributed by atoms with Gasteiger partial charge in [0.15, 0.2) is 5.96 Å². The molecule has 180 valence electrons. The number of ether oxygens (including phenoxy) is 1. The Labute approximate surface area is 214 Å². The number of carbonyl (C=O) groups excluding carboxylic acids is 1. The summed E-state index contributed by atoms with van der Waals surface area (Å²) in [6, 6.07) is 18.8. The lowest BCUT2D eigenvalue weighted by Crippen LogP contribution is -2.51. The smallest absolute Gasteiger partial charge is 0.243 e. The molecule has 1 aliphatic heterocycles. The minimum Gasteiger partial charge on any atom is -0.497 e. The molecule has 0 aliphatic carbocycles. The number of methoxy groups -OCH3 is 1. The van der Waals surface area contributed by atoms with Crippen molar-refractivity contribution in [3.8, 4) is 5.75 Å². The fraction of sp³-hybridized carbons (Fsp3) is 0.440. The van der Waals surface area contributed by atoms with Gasteiger partial charge in [-0.15, -0.1) is 24.0 Å². The van der Waals surface area contributed by atoms with E-state index in [0.717, 1.165) is 50.3 Å². The van der Waals surface area contributed by atoms with Crippen LogP contribution in [0.3, 0.4) is 0 Å². The molecule has 2 aromatic rings. The van der Waals surface area contributed by atoms with Crippen LogP contribution in [0, 0.1) is 0 Å². The number of nitrogens with one attached hydrogen (secondary N) is 2. The van der Waals surface area contributed by atoms with Gasteiger partial charge in [-0.05, 0) is 37.0 Å². The van der Waals surface area contributed by atoms with Gasteiger partial charge in [0.1, 0.15) is 12.3 Å². The second-order valence-electron chi connectivity index (χ2n) is 8.25. The summed E-state index contributed by atoms with van der Waals surface area (Å²) < 4.78 is 5.38. The molecule has 1 saturated heterocycles. The maximum Gasteiger partial charge on any atom is 0.243 e. The van der Waals surface area contributed by atoms with Crippen LogP contribution >= 0.6 is 24.0 Å². The van der Waals surface area contributed by atoms with E-state index in [1.165, 1.54) is 5.56 Å². The predicted molar refractivity (Wildman–Crippen MR) is 146 cm³/mol. The van der Waals surface area contributed by atoms with Crippen molar-refractivity contribution in [1.29, 1.82) is 0 Å². The quantitative estimate of drug-likeness (QED) is 0.293. The number of amides is 1. The number of hydrogen-bond donors (Lipinski definition) is 2. The van der Waals surface area contributed by atoms with Crippen LogP contribution in [0.15, 0.2) is 59.6 Å². The zero-order chi connectivity index (χ0) is 22.8. The van der Waals surface area contributed by atoms with Crippen LogP contribution in [-0.4, -0.2) is 70.2 Å². The van der Waals surface area contributed by atoms with Crippen molar-refractivity contribution < 1.29 is 9.53 Å². The van der Waals surface area contributed by atoms with Crippen molar-refractivity contribution in [2.24, 2.45) is 4.99 Å². The van der Waals surface area contributed by atoms with Crippen LogP contribution in [0.5, 0.6) is 5.75 Å². The van der Waals surface area contributed by atoms with Crippen molar-refractivity contribution in [3.63, 3.8) is 0 Å². The van der Waals surface area contributed by atoms with E-state index in [1.807, 2.05) is 30.3 Å². The summed E-state index contributed by atoms with van der Waals surface area (Å²) in [6.45, 7) is 2.75. The molecule has 0 bridgehead atoms. The molecular weight excluding hydrogens is 529 g/mol. The summed E-state index contributed by atoms with van der Waals surface area (Å²) >= 11 is 0. The van der Waals surface area contributed by atoms with E-state index in [-0.39, 0.29) is 42.5 Å². The summed E-state index contributed by atoms with van der Waals surface area (Å²) in [5.74, 6) is 1.54. The standard InChI is InChI=1S/C25H35N5O2.HI/c1-29(2)24(31)18-27-25(26-15-14-20-9-5-4-6-10-20)28-21-11-8-16-30(19-21)22-12-7-13-23(17-22)32-3;/h4-7,9-10,12-13,17,21H,8,11,14-16,18-19H2,1-3H3,(H2,26,27,28);1H. The van der Waals surface area contributed by atoms with E-state index in [9.17, 15) is 4.79 Å². The van der Waals surface area contributed by atoms with Crippen LogP contribution in [0.4, 0.5) is 5.69 Å². The van der Waals surface area contributed by atoms with Gasteiger partial charge in [-0.25, -0.2) is 4.99 Å². The number of anilines is 1. The number of likely N-dealkylation sites (N-methyl/N-ethyl adjacent to an activating group) is 1. The van der Waals surface area contributed by atoms with Crippen LogP contribution < -0.4 is 20.3 Å². The third-order valence-electron chi connectivity index (χ3n) is 5.60. The Bertz CT molecular complexity index is 891. The molecule has 1 atom stereocenters. The largest absolute Gasteiger partial charge is 0.497 e. The Kier molecular flexibility index (Phi) is 11.3. The first kappa shape index (κ1) is 26.8. The molecule has 0 radical (unpaired) electrons. The highest BCUT2D eigenvalue weighted by atomic mass is 127. The second-order valence-corrected chi connectivity index (χ2v) is 8.25. The Morgan fingerprint density at radius 2 is 1.97 bits per heavy atom. The second kappa shape index (κ2) is 13.9. The zero-order valence-electron chi connectivity index (χ0n) is 19.8. The molecule has 3 rings (SSSR count). The molecule has 0 saturated carbocycles. The summed E-state index contributed by atoms with van der Waals surface area (Å²) in [5.41, 5.74) is 2.43. The first-order valence-corrected chi connectivity index (χ1v) is 11.2. The number of nitrogens with zero attached hydrogens (tertiary/aromatic N) is 3. The molecule has 1 heterocycles. The van der Waals surface area contributed by atoms with Crippen molar-refractivity contribution in [2.45, 2.75) is 25.3 Å². The highest BCUT2D eigenvalue weighted by molar-refractivity contribution is 14.0. The molecule has 33 heavy (non-hydrogen) atoms. The number of hydrogen-bond acceptors (Lipinski definition) is 4. The third-order valence-corrected chi connectivity index (χ3v) is 5.60. The van der Waals surface area contributed by atoms with Crippen molar-refractivity contribution in [3.05, 3.63) is 60.2 Å². The minimum absolute atomic E-state index is 0. The molecule has 1 aliphatic rings. The number of piperidine rings is 1. The van der Waals surface area contributed by atoms with Crippen LogP contribution in [0.25, 0.3) is 0 Å². The predicted octanol–water partition coefficient (Wildman–Crippen LogP) is 3.15. The van der Waals surface area contributed by atoms with Crippen LogP contribution in [-0.2, 0) is 11.2 Å². The lowest BCUT2D eigenvalue weighted by molar-refractivity contribution is -0.127. The molecule has 0 aromatic heterocycles. The maximum absolute atomic E-state index is 12.1. The monoisotopic (exact) mass is 565 g/mol. The zero-order valence-corrected chi connectivity index (χ0v) is 22.1. The van der Waals surface area contributed by atoms with E-state index in [2.05, 4.69) is 44.8 Å². The number of carbonyl (C=O) groups is 1. The van der Waals surface area contributed by atoms with Crippen LogP contribution in [0.2, 0.25) is 0 Å². The molecule has 0 spiro atoms. The lowest BCUT2D eigenvalue weighted by atomic mass is 10.0. The molecular formula is C25H36IN5O2. The fourth-order valence-corrected chi connectivity index (χ4v) is 3.74. The van der Waals surface area contributed by atoms with Crippen molar-refractivity contribution in [1.82, 2.24) is 15.5 Å². The SMILES string of the molecule is COc1cccc(N2CCCC(NC(=NCC(=O)N(C)C)NCCc3ccccc3)C2)c1.I. The summed E-state index contributed by atoms with van der Waals surface area (Å²) in [7, 11) is 5.19. The lowest BCUT2D eigenvalue weighted by Gasteiger charge is -2.35. The van der Waals surface area contributed by atoms with E-state index >= 15 is 0 Å². The summed E-state index contributed by atoms with van der Waals surface area (Å²) in [4.78, 5) is 20.6. The molecule has 2 N–H and O–H groups in total.